The van der Waals surface area contributed by atoms with Crippen LogP contribution in [0.3, 0.4) is 0 Å². The number of ether oxygens (including phenoxy) is 1. The van der Waals surface area contributed by atoms with Crippen molar-refractivity contribution in [1.29, 1.82) is 0 Å². The lowest BCUT2D eigenvalue weighted by Gasteiger charge is -2.14. The van der Waals surface area contributed by atoms with Gasteiger partial charge in [-0.15, -0.1) is 0 Å². The summed E-state index contributed by atoms with van der Waals surface area (Å²) in [4.78, 5) is 10.6. The van der Waals surface area contributed by atoms with Crippen LogP contribution in [0.2, 0.25) is 5.02 Å². The Bertz CT molecular complexity index is 388. The second kappa shape index (κ2) is 4.53. The highest BCUT2D eigenvalue weighted by molar-refractivity contribution is 6.31. The van der Waals surface area contributed by atoms with E-state index >= 15 is 0 Å². The molecule has 1 unspecified atom stereocenters. The van der Waals surface area contributed by atoms with Crippen LogP contribution in [-0.2, 0) is 4.79 Å². The topological polar surface area (TPSA) is 46.5 Å². The number of rotatable bonds is 3. The van der Waals surface area contributed by atoms with Crippen LogP contribution in [-0.4, -0.2) is 17.2 Å². The first-order valence-corrected chi connectivity index (χ1v) is 4.96. The van der Waals surface area contributed by atoms with Gasteiger partial charge in [-0.05, 0) is 44.0 Å². The van der Waals surface area contributed by atoms with Gasteiger partial charge < -0.3 is 9.84 Å². The third-order valence-corrected chi connectivity index (χ3v) is 2.73. The lowest BCUT2D eigenvalue weighted by atomic mass is 10.1. The van der Waals surface area contributed by atoms with Gasteiger partial charge in [0, 0.05) is 5.02 Å². The van der Waals surface area contributed by atoms with Crippen LogP contribution in [0.15, 0.2) is 12.1 Å². The van der Waals surface area contributed by atoms with Crippen LogP contribution in [0.25, 0.3) is 0 Å². The molecule has 3 nitrogen and oxygen atoms in total. The van der Waals surface area contributed by atoms with Gasteiger partial charge in [-0.25, -0.2) is 4.79 Å². The van der Waals surface area contributed by atoms with Crippen molar-refractivity contribution in [2.75, 3.05) is 0 Å². The Morgan fingerprint density at radius 1 is 1.40 bits per heavy atom. The molecule has 82 valence electrons. The smallest absolute Gasteiger partial charge is 0.344 e. The standard InChI is InChI=1S/C11H13ClO3/c1-6-7(2)10(5-4-9(6)12)15-8(3)11(13)14/h4-5,8H,1-3H3,(H,13,14). The van der Waals surface area contributed by atoms with E-state index < -0.39 is 12.1 Å². The van der Waals surface area contributed by atoms with E-state index in [0.29, 0.717) is 10.8 Å². The van der Waals surface area contributed by atoms with Gasteiger partial charge in [0.15, 0.2) is 6.10 Å². The summed E-state index contributed by atoms with van der Waals surface area (Å²) < 4.78 is 5.28. The Hall–Kier alpha value is -1.22. The van der Waals surface area contributed by atoms with E-state index in [4.69, 9.17) is 21.4 Å². The van der Waals surface area contributed by atoms with Crippen LogP contribution in [0.5, 0.6) is 5.75 Å². The number of carboxylic acid groups (broad SMARTS) is 1. The highest BCUT2D eigenvalue weighted by Gasteiger charge is 2.14. The van der Waals surface area contributed by atoms with Crippen LogP contribution in [0, 0.1) is 13.8 Å². The summed E-state index contributed by atoms with van der Waals surface area (Å²) >= 11 is 5.91. The van der Waals surface area contributed by atoms with Gasteiger partial charge in [0.2, 0.25) is 0 Å². The maximum atomic E-state index is 10.6. The van der Waals surface area contributed by atoms with Crippen LogP contribution in [0.1, 0.15) is 18.1 Å². The number of carbonyl (C=O) groups is 1. The van der Waals surface area contributed by atoms with E-state index in [9.17, 15) is 4.79 Å². The predicted molar refractivity (Wildman–Crippen MR) is 58.7 cm³/mol. The maximum Gasteiger partial charge on any atom is 0.344 e. The van der Waals surface area contributed by atoms with Crippen molar-refractivity contribution < 1.29 is 14.6 Å². The minimum atomic E-state index is -0.984. The molecular formula is C11H13ClO3. The van der Waals surface area contributed by atoms with Crippen molar-refractivity contribution in [1.82, 2.24) is 0 Å². The molecule has 1 aromatic carbocycles. The SMILES string of the molecule is Cc1c(Cl)ccc(OC(C)C(=O)O)c1C. The molecule has 1 N–H and O–H groups in total. The molecule has 4 heteroatoms. The summed E-state index contributed by atoms with van der Waals surface area (Å²) in [6, 6.07) is 3.39. The molecule has 0 aliphatic carbocycles. The van der Waals surface area contributed by atoms with Crippen molar-refractivity contribution in [2.45, 2.75) is 26.9 Å². The molecule has 0 aliphatic rings. The van der Waals surface area contributed by atoms with Crippen LogP contribution < -0.4 is 4.74 Å². The second-order valence-corrected chi connectivity index (χ2v) is 3.80. The molecular weight excluding hydrogens is 216 g/mol. The number of benzene rings is 1. The Morgan fingerprint density at radius 2 is 2.00 bits per heavy atom. The highest BCUT2D eigenvalue weighted by Crippen LogP contribution is 2.27. The van der Waals surface area contributed by atoms with Crippen molar-refractivity contribution in [3.05, 3.63) is 28.3 Å². The summed E-state index contributed by atoms with van der Waals surface area (Å²) in [5.74, 6) is -0.422. The molecule has 0 aromatic heterocycles. The third-order valence-electron chi connectivity index (χ3n) is 2.32. The van der Waals surface area contributed by atoms with Crippen molar-refractivity contribution in [2.24, 2.45) is 0 Å². The highest BCUT2D eigenvalue weighted by atomic mass is 35.5. The van der Waals surface area contributed by atoms with Gasteiger partial charge >= 0.3 is 5.97 Å². The molecule has 0 bridgehead atoms. The second-order valence-electron chi connectivity index (χ2n) is 3.39. The predicted octanol–water partition coefficient (Wildman–Crippen LogP) is 2.81. The minimum Gasteiger partial charge on any atom is -0.479 e. The summed E-state index contributed by atoms with van der Waals surface area (Å²) in [5, 5.41) is 9.36. The zero-order valence-corrected chi connectivity index (χ0v) is 9.63. The van der Waals surface area contributed by atoms with Gasteiger partial charge in [-0.2, -0.15) is 0 Å². The van der Waals surface area contributed by atoms with Crippen molar-refractivity contribution in [3.63, 3.8) is 0 Å². The molecule has 1 aromatic rings. The molecule has 0 radical (unpaired) electrons. The van der Waals surface area contributed by atoms with E-state index in [1.165, 1.54) is 6.92 Å². The van der Waals surface area contributed by atoms with Gasteiger partial charge in [0.05, 0.1) is 0 Å². The normalized spacial score (nSPS) is 12.3. The fourth-order valence-electron chi connectivity index (χ4n) is 1.13. The summed E-state index contributed by atoms with van der Waals surface area (Å²) in [7, 11) is 0. The molecule has 15 heavy (non-hydrogen) atoms. The molecule has 0 saturated heterocycles. The third kappa shape index (κ3) is 2.63. The lowest BCUT2D eigenvalue weighted by Crippen LogP contribution is -2.23. The molecule has 0 aliphatic heterocycles. The quantitative estimate of drug-likeness (QED) is 0.866. The Morgan fingerprint density at radius 3 is 2.53 bits per heavy atom. The molecule has 0 fully saturated rings. The minimum absolute atomic E-state index is 0.562. The number of aliphatic carboxylic acids is 1. The van der Waals surface area contributed by atoms with E-state index in [1.54, 1.807) is 12.1 Å². The summed E-state index contributed by atoms with van der Waals surface area (Å²) in [5.41, 5.74) is 1.78. The van der Waals surface area contributed by atoms with E-state index in [2.05, 4.69) is 0 Å². The Balaban J connectivity index is 2.97. The van der Waals surface area contributed by atoms with Gasteiger partial charge in [0.25, 0.3) is 0 Å². The molecule has 1 rings (SSSR count). The number of halogens is 1. The molecule has 1 atom stereocenters. The number of carboxylic acids is 1. The molecule has 0 spiro atoms. The van der Waals surface area contributed by atoms with Gasteiger partial charge in [-0.1, -0.05) is 11.6 Å². The first-order valence-electron chi connectivity index (χ1n) is 4.58. The molecule has 0 amide bonds. The first-order chi connectivity index (χ1) is 6.93. The van der Waals surface area contributed by atoms with Crippen LogP contribution >= 0.6 is 11.6 Å². The maximum absolute atomic E-state index is 10.6. The summed E-state index contributed by atoms with van der Waals surface area (Å²) in [6.45, 7) is 5.22. The van der Waals surface area contributed by atoms with E-state index in [0.717, 1.165) is 11.1 Å². The number of hydrogen-bond acceptors (Lipinski definition) is 2. The first kappa shape index (κ1) is 11.9. The fraction of sp³-hybridized carbons (Fsp3) is 0.364. The largest absolute Gasteiger partial charge is 0.479 e. The van der Waals surface area contributed by atoms with E-state index in [1.807, 2.05) is 13.8 Å². The zero-order valence-electron chi connectivity index (χ0n) is 8.87. The molecule has 0 saturated carbocycles. The number of hydrogen-bond donors (Lipinski definition) is 1. The average Bonchev–Trinajstić information content (AvgIpc) is 2.18. The monoisotopic (exact) mass is 228 g/mol. The Labute approximate surface area is 93.6 Å². The van der Waals surface area contributed by atoms with Crippen molar-refractivity contribution in [3.8, 4) is 5.75 Å². The summed E-state index contributed by atoms with van der Waals surface area (Å²) in [6.07, 6.45) is -0.857. The molecule has 0 heterocycles. The lowest BCUT2D eigenvalue weighted by molar-refractivity contribution is -0.144. The fourth-order valence-corrected chi connectivity index (χ4v) is 1.34. The van der Waals surface area contributed by atoms with E-state index in [-0.39, 0.29) is 0 Å². The Kier molecular flexibility index (Phi) is 3.58. The zero-order chi connectivity index (χ0) is 11.6. The van der Waals surface area contributed by atoms with Gasteiger partial charge in [0.1, 0.15) is 5.75 Å². The van der Waals surface area contributed by atoms with Crippen LogP contribution in [0.4, 0.5) is 0 Å². The average molecular weight is 229 g/mol. The van der Waals surface area contributed by atoms with Gasteiger partial charge in [-0.3, -0.25) is 0 Å². The van der Waals surface area contributed by atoms with Crippen molar-refractivity contribution >= 4 is 17.6 Å².